The molecule has 1 amide bonds. The summed E-state index contributed by atoms with van der Waals surface area (Å²) >= 11 is 3.34. The number of benzene rings is 2. The first-order valence-corrected chi connectivity index (χ1v) is 9.14. The highest BCUT2D eigenvalue weighted by Crippen LogP contribution is 2.35. The zero-order valence-electron chi connectivity index (χ0n) is 15.6. The van der Waals surface area contributed by atoms with Crippen LogP contribution in [0.25, 0.3) is 0 Å². The molecule has 6 nitrogen and oxygen atoms in total. The van der Waals surface area contributed by atoms with E-state index in [2.05, 4.69) is 21.2 Å². The van der Waals surface area contributed by atoms with Crippen molar-refractivity contribution in [3.05, 3.63) is 58.1 Å². The topological polar surface area (TPSA) is 73.9 Å². The summed E-state index contributed by atoms with van der Waals surface area (Å²) < 4.78 is 16.3. The van der Waals surface area contributed by atoms with Crippen LogP contribution < -0.4 is 14.8 Å². The van der Waals surface area contributed by atoms with Crippen molar-refractivity contribution < 1.29 is 23.8 Å². The van der Waals surface area contributed by atoms with E-state index in [9.17, 15) is 9.59 Å². The van der Waals surface area contributed by atoms with Crippen LogP contribution in [0.1, 0.15) is 35.8 Å². The predicted molar refractivity (Wildman–Crippen MR) is 105 cm³/mol. The van der Waals surface area contributed by atoms with Crippen LogP contribution in [-0.4, -0.2) is 32.2 Å². The minimum Gasteiger partial charge on any atom is -0.495 e. The molecule has 0 aliphatic carbocycles. The predicted octanol–water partition coefficient (Wildman–Crippen LogP) is 3.89. The summed E-state index contributed by atoms with van der Waals surface area (Å²) in [4.78, 5) is 24.8. The van der Waals surface area contributed by atoms with Crippen molar-refractivity contribution in [1.29, 1.82) is 0 Å². The highest BCUT2D eigenvalue weighted by molar-refractivity contribution is 9.10. The number of carbonyl (C=O) groups excluding carboxylic acids is 2. The van der Waals surface area contributed by atoms with Crippen molar-refractivity contribution in [3.63, 3.8) is 0 Å². The first-order valence-electron chi connectivity index (χ1n) is 8.35. The van der Waals surface area contributed by atoms with E-state index >= 15 is 0 Å². The van der Waals surface area contributed by atoms with Crippen LogP contribution >= 0.6 is 15.9 Å². The molecule has 0 aliphatic rings. The third kappa shape index (κ3) is 5.23. The zero-order valence-corrected chi connectivity index (χ0v) is 17.2. The van der Waals surface area contributed by atoms with Crippen molar-refractivity contribution in [2.24, 2.45) is 0 Å². The van der Waals surface area contributed by atoms with Gasteiger partial charge in [-0.2, -0.15) is 0 Å². The van der Waals surface area contributed by atoms with E-state index < -0.39 is 12.1 Å². The van der Waals surface area contributed by atoms with Crippen LogP contribution in [-0.2, 0) is 9.53 Å². The van der Waals surface area contributed by atoms with Gasteiger partial charge in [-0.25, -0.2) is 4.79 Å². The van der Waals surface area contributed by atoms with Gasteiger partial charge in [-0.1, -0.05) is 30.3 Å². The summed E-state index contributed by atoms with van der Waals surface area (Å²) in [6.07, 6.45) is -0.954. The Labute approximate surface area is 166 Å². The molecule has 0 saturated carbocycles. The molecule has 0 fully saturated rings. The Morgan fingerprint density at radius 1 is 1.00 bits per heavy atom. The lowest BCUT2D eigenvalue weighted by atomic mass is 10.1. The summed E-state index contributed by atoms with van der Waals surface area (Å²) in [6.45, 7) is 3.39. The molecule has 0 spiro atoms. The quantitative estimate of drug-likeness (QED) is 0.667. The third-order valence-electron chi connectivity index (χ3n) is 3.99. The molecule has 0 radical (unpaired) electrons. The summed E-state index contributed by atoms with van der Waals surface area (Å²) in [6, 6.07) is 12.4. The van der Waals surface area contributed by atoms with Gasteiger partial charge in [0, 0.05) is 0 Å². The average Bonchev–Trinajstić information content (AvgIpc) is 2.68. The first-order chi connectivity index (χ1) is 12.9. The van der Waals surface area contributed by atoms with Crippen LogP contribution in [0.15, 0.2) is 46.9 Å². The highest BCUT2D eigenvalue weighted by Gasteiger charge is 2.22. The SMILES string of the molecule is COc1cc(C(=O)OC(C)C(=O)NC(C)c2ccccc2)cc(OC)c1Br. The molecule has 144 valence electrons. The second-order valence-corrected chi connectivity index (χ2v) is 6.68. The Hall–Kier alpha value is -2.54. The number of amides is 1. The van der Waals surface area contributed by atoms with Gasteiger partial charge >= 0.3 is 5.97 Å². The monoisotopic (exact) mass is 435 g/mol. The lowest BCUT2D eigenvalue weighted by Crippen LogP contribution is -2.37. The number of carbonyl (C=O) groups is 2. The number of halogens is 1. The Morgan fingerprint density at radius 3 is 2.07 bits per heavy atom. The largest absolute Gasteiger partial charge is 0.495 e. The minimum atomic E-state index is -0.954. The summed E-state index contributed by atoms with van der Waals surface area (Å²) in [5.41, 5.74) is 1.19. The summed E-state index contributed by atoms with van der Waals surface area (Å²) in [7, 11) is 2.96. The Morgan fingerprint density at radius 2 is 1.56 bits per heavy atom. The molecule has 2 aromatic carbocycles. The van der Waals surface area contributed by atoms with E-state index in [1.807, 2.05) is 37.3 Å². The van der Waals surface area contributed by atoms with E-state index in [1.165, 1.54) is 33.3 Å². The second-order valence-electron chi connectivity index (χ2n) is 5.88. The van der Waals surface area contributed by atoms with Gasteiger partial charge in [-0.3, -0.25) is 4.79 Å². The van der Waals surface area contributed by atoms with Crippen molar-refractivity contribution in [3.8, 4) is 11.5 Å². The molecular weight excluding hydrogens is 414 g/mol. The fraction of sp³-hybridized carbons (Fsp3) is 0.300. The first kappa shape index (κ1) is 20.8. The molecule has 2 atom stereocenters. The fourth-order valence-electron chi connectivity index (χ4n) is 2.43. The van der Waals surface area contributed by atoms with E-state index in [-0.39, 0.29) is 17.5 Å². The van der Waals surface area contributed by atoms with Gasteiger partial charge in [0.15, 0.2) is 6.10 Å². The van der Waals surface area contributed by atoms with Crippen molar-refractivity contribution in [2.75, 3.05) is 14.2 Å². The van der Waals surface area contributed by atoms with Gasteiger partial charge in [-0.15, -0.1) is 0 Å². The van der Waals surface area contributed by atoms with Crippen LogP contribution in [0.5, 0.6) is 11.5 Å². The smallest absolute Gasteiger partial charge is 0.339 e. The number of rotatable bonds is 7. The molecule has 2 unspecified atom stereocenters. The molecule has 0 aromatic heterocycles. The summed E-state index contributed by atoms with van der Waals surface area (Å²) in [5, 5.41) is 2.83. The van der Waals surface area contributed by atoms with Gasteiger partial charge in [0.1, 0.15) is 16.0 Å². The van der Waals surface area contributed by atoms with E-state index in [4.69, 9.17) is 14.2 Å². The van der Waals surface area contributed by atoms with Crippen LogP contribution in [0.2, 0.25) is 0 Å². The lowest BCUT2D eigenvalue weighted by molar-refractivity contribution is -0.129. The molecular formula is C20H22BrNO5. The summed E-state index contributed by atoms with van der Waals surface area (Å²) in [5.74, 6) is -0.169. The Balaban J connectivity index is 2.05. The van der Waals surface area contributed by atoms with Crippen LogP contribution in [0.3, 0.4) is 0 Å². The molecule has 2 aromatic rings. The highest BCUT2D eigenvalue weighted by atomic mass is 79.9. The Bertz CT molecular complexity index is 784. The van der Waals surface area contributed by atoms with Gasteiger partial charge in [0.2, 0.25) is 0 Å². The second kappa shape index (κ2) is 9.41. The zero-order chi connectivity index (χ0) is 20.0. The maximum absolute atomic E-state index is 12.4. The molecule has 1 N–H and O–H groups in total. The van der Waals surface area contributed by atoms with Crippen molar-refractivity contribution in [1.82, 2.24) is 5.32 Å². The molecule has 0 saturated heterocycles. The van der Waals surface area contributed by atoms with Gasteiger partial charge in [0.25, 0.3) is 5.91 Å². The van der Waals surface area contributed by atoms with Crippen molar-refractivity contribution >= 4 is 27.8 Å². The third-order valence-corrected chi connectivity index (χ3v) is 4.77. The molecule has 7 heteroatoms. The van der Waals surface area contributed by atoms with E-state index in [0.717, 1.165) is 5.56 Å². The number of ether oxygens (including phenoxy) is 3. The standard InChI is InChI=1S/C20H22BrNO5/c1-12(14-8-6-5-7-9-14)22-19(23)13(2)27-20(24)15-10-16(25-3)18(21)17(11-15)26-4/h5-13H,1-4H3,(H,22,23). The molecule has 0 bridgehead atoms. The molecule has 27 heavy (non-hydrogen) atoms. The molecule has 0 aliphatic heterocycles. The number of hydrogen-bond acceptors (Lipinski definition) is 5. The number of methoxy groups -OCH3 is 2. The minimum absolute atomic E-state index is 0.201. The Kier molecular flexibility index (Phi) is 7.24. The van der Waals surface area contributed by atoms with Gasteiger partial charge in [-0.05, 0) is 47.5 Å². The fourth-order valence-corrected chi connectivity index (χ4v) is 2.98. The van der Waals surface area contributed by atoms with Gasteiger partial charge < -0.3 is 19.5 Å². The molecule has 0 heterocycles. The van der Waals surface area contributed by atoms with Crippen LogP contribution in [0, 0.1) is 0 Å². The average molecular weight is 436 g/mol. The van der Waals surface area contributed by atoms with Gasteiger partial charge in [0.05, 0.1) is 25.8 Å². The molecule has 2 rings (SSSR count). The van der Waals surface area contributed by atoms with Crippen LogP contribution in [0.4, 0.5) is 0 Å². The normalized spacial score (nSPS) is 12.6. The number of esters is 1. The van der Waals surface area contributed by atoms with Crippen molar-refractivity contribution in [2.45, 2.75) is 26.0 Å². The number of nitrogens with one attached hydrogen (secondary N) is 1. The maximum Gasteiger partial charge on any atom is 0.339 e. The maximum atomic E-state index is 12.4. The lowest BCUT2D eigenvalue weighted by Gasteiger charge is -2.18. The number of hydrogen-bond donors (Lipinski definition) is 1. The van der Waals surface area contributed by atoms with E-state index in [0.29, 0.717) is 16.0 Å². The van der Waals surface area contributed by atoms with E-state index in [1.54, 1.807) is 0 Å².